The van der Waals surface area contributed by atoms with Crippen LogP contribution >= 0.6 is 0 Å². The zero-order valence-electron chi connectivity index (χ0n) is 10.7. The van der Waals surface area contributed by atoms with E-state index < -0.39 is 0 Å². The average Bonchev–Trinajstić information content (AvgIpc) is 2.30. The fourth-order valence-corrected chi connectivity index (χ4v) is 2.57. The van der Waals surface area contributed by atoms with Crippen LogP contribution in [0.15, 0.2) is 24.3 Å². The van der Waals surface area contributed by atoms with Crippen LogP contribution in [0.2, 0.25) is 0 Å². The van der Waals surface area contributed by atoms with Crippen LogP contribution < -0.4 is 5.32 Å². The predicted molar refractivity (Wildman–Crippen MR) is 70.0 cm³/mol. The Bertz CT molecular complexity index is 331. The normalized spacial score (nSPS) is 26.0. The highest BCUT2D eigenvalue weighted by atomic mass is 14.9. The highest BCUT2D eigenvalue weighted by molar-refractivity contribution is 5.30. The van der Waals surface area contributed by atoms with E-state index in [9.17, 15) is 0 Å². The van der Waals surface area contributed by atoms with Crippen LogP contribution in [0.5, 0.6) is 0 Å². The van der Waals surface area contributed by atoms with Gasteiger partial charge in [-0.15, -0.1) is 0 Å². The summed E-state index contributed by atoms with van der Waals surface area (Å²) in [4.78, 5) is 0. The van der Waals surface area contributed by atoms with E-state index in [1.54, 1.807) is 0 Å². The summed E-state index contributed by atoms with van der Waals surface area (Å²) in [6, 6.07) is 9.23. The van der Waals surface area contributed by atoms with Crippen molar-refractivity contribution in [2.24, 2.45) is 0 Å². The number of piperidine rings is 1. The van der Waals surface area contributed by atoms with Crippen molar-refractivity contribution in [3.8, 4) is 0 Å². The van der Waals surface area contributed by atoms with Crippen LogP contribution in [0.1, 0.15) is 50.7 Å². The molecule has 1 N–H and O–H groups in total. The second kappa shape index (κ2) is 4.58. The van der Waals surface area contributed by atoms with Gasteiger partial charge in [0, 0.05) is 12.0 Å². The third kappa shape index (κ3) is 2.30. The summed E-state index contributed by atoms with van der Waals surface area (Å²) >= 11 is 0. The standard InChI is InChI=1S/C15H23N/c1-12(2)13-5-7-14(8-6-13)15(3)9-4-10-16-11-15/h5-8,12,16H,4,9-11H2,1-3H3. The van der Waals surface area contributed by atoms with E-state index >= 15 is 0 Å². The molecule has 0 saturated carbocycles. The van der Waals surface area contributed by atoms with Crippen molar-refractivity contribution in [3.63, 3.8) is 0 Å². The molecule has 1 aliphatic heterocycles. The summed E-state index contributed by atoms with van der Waals surface area (Å²) < 4.78 is 0. The third-order valence-electron chi connectivity index (χ3n) is 3.87. The van der Waals surface area contributed by atoms with Gasteiger partial charge in [0.2, 0.25) is 0 Å². The summed E-state index contributed by atoms with van der Waals surface area (Å²) in [6.45, 7) is 9.18. The zero-order chi connectivity index (χ0) is 11.6. The van der Waals surface area contributed by atoms with Crippen LogP contribution in [-0.2, 0) is 5.41 Å². The van der Waals surface area contributed by atoms with Crippen LogP contribution in [0.4, 0.5) is 0 Å². The summed E-state index contributed by atoms with van der Waals surface area (Å²) in [6.07, 6.45) is 2.60. The van der Waals surface area contributed by atoms with Crippen molar-refractivity contribution in [1.82, 2.24) is 5.32 Å². The highest BCUT2D eigenvalue weighted by Gasteiger charge is 2.28. The minimum Gasteiger partial charge on any atom is -0.316 e. The Kier molecular flexibility index (Phi) is 3.34. The molecule has 0 amide bonds. The van der Waals surface area contributed by atoms with Crippen molar-refractivity contribution in [3.05, 3.63) is 35.4 Å². The maximum Gasteiger partial charge on any atom is 0.00500 e. The fraction of sp³-hybridized carbons (Fsp3) is 0.600. The first kappa shape index (κ1) is 11.7. The molecule has 0 aliphatic carbocycles. The van der Waals surface area contributed by atoms with Gasteiger partial charge in [-0.2, -0.15) is 0 Å². The van der Waals surface area contributed by atoms with Crippen LogP contribution in [0.25, 0.3) is 0 Å². The second-order valence-electron chi connectivity index (χ2n) is 5.62. The largest absolute Gasteiger partial charge is 0.316 e. The molecular weight excluding hydrogens is 194 g/mol. The zero-order valence-corrected chi connectivity index (χ0v) is 10.7. The number of hydrogen-bond acceptors (Lipinski definition) is 1. The first-order valence-corrected chi connectivity index (χ1v) is 6.43. The molecule has 1 aromatic rings. The van der Waals surface area contributed by atoms with Crippen molar-refractivity contribution in [2.45, 2.75) is 44.9 Å². The van der Waals surface area contributed by atoms with Gasteiger partial charge in [0.05, 0.1) is 0 Å². The van der Waals surface area contributed by atoms with Crippen molar-refractivity contribution < 1.29 is 0 Å². The van der Waals surface area contributed by atoms with Gasteiger partial charge >= 0.3 is 0 Å². The molecule has 1 saturated heterocycles. The van der Waals surface area contributed by atoms with Gasteiger partial charge < -0.3 is 5.32 Å². The van der Waals surface area contributed by atoms with Crippen molar-refractivity contribution >= 4 is 0 Å². The average molecular weight is 217 g/mol. The maximum absolute atomic E-state index is 3.51. The van der Waals surface area contributed by atoms with E-state index in [0.717, 1.165) is 6.54 Å². The molecule has 1 atom stereocenters. The lowest BCUT2D eigenvalue weighted by molar-refractivity contribution is 0.339. The molecule has 1 fully saturated rings. The van der Waals surface area contributed by atoms with E-state index in [4.69, 9.17) is 0 Å². The molecule has 1 aromatic carbocycles. The number of rotatable bonds is 2. The molecule has 88 valence electrons. The second-order valence-corrected chi connectivity index (χ2v) is 5.62. The Morgan fingerprint density at radius 3 is 2.38 bits per heavy atom. The molecule has 1 unspecified atom stereocenters. The van der Waals surface area contributed by atoms with Gasteiger partial charge in [0.25, 0.3) is 0 Å². The molecule has 1 aliphatic rings. The topological polar surface area (TPSA) is 12.0 Å². The molecule has 2 rings (SSSR count). The van der Waals surface area contributed by atoms with E-state index in [2.05, 4.69) is 50.4 Å². The lowest BCUT2D eigenvalue weighted by atomic mass is 9.76. The summed E-state index contributed by atoms with van der Waals surface area (Å²) in [5, 5.41) is 3.51. The first-order valence-electron chi connectivity index (χ1n) is 6.43. The van der Waals surface area contributed by atoms with Crippen LogP contribution in [-0.4, -0.2) is 13.1 Å². The molecule has 0 aromatic heterocycles. The Hall–Kier alpha value is -0.820. The Labute approximate surface area is 99.3 Å². The lowest BCUT2D eigenvalue weighted by Crippen LogP contribution is -2.41. The molecule has 1 heteroatoms. The van der Waals surface area contributed by atoms with E-state index in [1.807, 2.05) is 0 Å². The summed E-state index contributed by atoms with van der Waals surface area (Å²) in [7, 11) is 0. The summed E-state index contributed by atoms with van der Waals surface area (Å²) in [5.41, 5.74) is 3.27. The van der Waals surface area contributed by atoms with Crippen LogP contribution in [0.3, 0.4) is 0 Å². The van der Waals surface area contributed by atoms with Gasteiger partial charge in [-0.25, -0.2) is 0 Å². The van der Waals surface area contributed by atoms with Crippen molar-refractivity contribution in [1.29, 1.82) is 0 Å². The van der Waals surface area contributed by atoms with E-state index in [0.29, 0.717) is 11.3 Å². The summed E-state index contributed by atoms with van der Waals surface area (Å²) in [5.74, 6) is 0.631. The molecule has 0 bridgehead atoms. The van der Waals surface area contributed by atoms with Crippen LogP contribution in [0, 0.1) is 0 Å². The van der Waals surface area contributed by atoms with Gasteiger partial charge in [-0.05, 0) is 36.4 Å². The van der Waals surface area contributed by atoms with E-state index in [1.165, 1.54) is 30.5 Å². The lowest BCUT2D eigenvalue weighted by Gasteiger charge is -2.34. The molecule has 1 nitrogen and oxygen atoms in total. The Morgan fingerprint density at radius 1 is 1.19 bits per heavy atom. The fourth-order valence-electron chi connectivity index (χ4n) is 2.57. The maximum atomic E-state index is 3.51. The molecule has 16 heavy (non-hydrogen) atoms. The van der Waals surface area contributed by atoms with Gasteiger partial charge in [-0.1, -0.05) is 45.0 Å². The number of nitrogens with one attached hydrogen (secondary N) is 1. The smallest absolute Gasteiger partial charge is 0.00500 e. The quantitative estimate of drug-likeness (QED) is 0.800. The van der Waals surface area contributed by atoms with Gasteiger partial charge in [0.15, 0.2) is 0 Å². The Balaban J connectivity index is 2.20. The third-order valence-corrected chi connectivity index (χ3v) is 3.87. The molecular formula is C15H23N. The number of benzene rings is 1. The Morgan fingerprint density at radius 2 is 1.88 bits per heavy atom. The van der Waals surface area contributed by atoms with Gasteiger partial charge in [0.1, 0.15) is 0 Å². The predicted octanol–water partition coefficient (Wildman–Crippen LogP) is 3.45. The monoisotopic (exact) mass is 217 g/mol. The van der Waals surface area contributed by atoms with Crippen molar-refractivity contribution in [2.75, 3.05) is 13.1 Å². The van der Waals surface area contributed by atoms with E-state index in [-0.39, 0.29) is 0 Å². The minimum absolute atomic E-state index is 0.341. The molecule has 0 radical (unpaired) electrons. The van der Waals surface area contributed by atoms with Gasteiger partial charge in [-0.3, -0.25) is 0 Å². The first-order chi connectivity index (χ1) is 7.62. The molecule has 0 spiro atoms. The number of hydrogen-bond donors (Lipinski definition) is 1. The SMILES string of the molecule is CC(C)c1ccc(C2(C)CCCNC2)cc1. The highest BCUT2D eigenvalue weighted by Crippen LogP contribution is 2.31. The molecule has 1 heterocycles. The minimum atomic E-state index is 0.341.